The molecule has 0 radical (unpaired) electrons. The van der Waals surface area contributed by atoms with Gasteiger partial charge in [-0.1, -0.05) is 0 Å². The van der Waals surface area contributed by atoms with Gasteiger partial charge in [-0.25, -0.2) is 4.79 Å². The zero-order valence-electron chi connectivity index (χ0n) is 10.1. The van der Waals surface area contributed by atoms with Crippen LogP contribution in [-0.4, -0.2) is 37.6 Å². The maximum Gasteiger partial charge on any atom is 0.328 e. The first kappa shape index (κ1) is 13.0. The Morgan fingerprint density at radius 3 is 2.75 bits per heavy atom. The van der Waals surface area contributed by atoms with E-state index in [1.807, 2.05) is 6.92 Å². The van der Waals surface area contributed by atoms with Crippen LogP contribution in [0.3, 0.4) is 0 Å². The first-order valence-corrected chi connectivity index (χ1v) is 5.68. The van der Waals surface area contributed by atoms with E-state index in [-0.39, 0.29) is 11.9 Å². The molecule has 1 fully saturated rings. The predicted octanol–water partition coefficient (Wildman–Crippen LogP) is 0.0538. The Hall–Kier alpha value is -1.10. The molecule has 0 aliphatic carbocycles. The topological polar surface area (TPSA) is 67.4 Å². The summed E-state index contributed by atoms with van der Waals surface area (Å²) in [5.41, 5.74) is -0.402. The van der Waals surface area contributed by atoms with Crippen molar-refractivity contribution in [2.75, 3.05) is 19.7 Å². The zero-order chi connectivity index (χ0) is 12.2. The number of rotatable bonds is 4. The average Bonchev–Trinajstić information content (AvgIpc) is 2.66. The van der Waals surface area contributed by atoms with Crippen LogP contribution in [0.4, 0.5) is 0 Å². The van der Waals surface area contributed by atoms with Gasteiger partial charge in [-0.05, 0) is 33.7 Å². The second kappa shape index (κ2) is 5.30. The highest BCUT2D eigenvalue weighted by atomic mass is 16.5. The number of hydrogen-bond acceptors (Lipinski definition) is 4. The summed E-state index contributed by atoms with van der Waals surface area (Å²) in [4.78, 5) is 23.3. The molecule has 1 amide bonds. The lowest BCUT2D eigenvalue weighted by Crippen LogP contribution is -2.47. The van der Waals surface area contributed by atoms with Crippen LogP contribution in [0.1, 0.15) is 27.2 Å². The van der Waals surface area contributed by atoms with Gasteiger partial charge in [-0.15, -0.1) is 0 Å². The van der Waals surface area contributed by atoms with Gasteiger partial charge in [-0.2, -0.15) is 0 Å². The summed E-state index contributed by atoms with van der Waals surface area (Å²) in [5, 5.41) is 5.84. The molecule has 0 aromatic carbocycles. The van der Waals surface area contributed by atoms with E-state index in [9.17, 15) is 9.59 Å². The van der Waals surface area contributed by atoms with E-state index >= 15 is 0 Å². The van der Waals surface area contributed by atoms with E-state index in [4.69, 9.17) is 4.74 Å². The lowest BCUT2D eigenvalue weighted by atomic mass is 9.88. The average molecular weight is 228 g/mol. The normalized spacial score (nSPS) is 26.2. The summed E-state index contributed by atoms with van der Waals surface area (Å²) in [6.07, 6.45) is 0.800. The van der Waals surface area contributed by atoms with Gasteiger partial charge < -0.3 is 15.4 Å². The molecule has 1 aliphatic rings. The summed E-state index contributed by atoms with van der Waals surface area (Å²) in [6.45, 7) is 7.13. The van der Waals surface area contributed by atoms with Crippen molar-refractivity contribution in [2.45, 2.75) is 33.2 Å². The van der Waals surface area contributed by atoms with Crippen LogP contribution in [-0.2, 0) is 14.3 Å². The number of hydrogen-bond donors (Lipinski definition) is 2. The summed E-state index contributed by atoms with van der Waals surface area (Å²) in [5.74, 6) is -0.469. The number of amides is 1. The Bertz CT molecular complexity index is 272. The number of carbonyl (C=O) groups is 2. The molecule has 0 aromatic rings. The molecule has 0 spiro atoms. The summed E-state index contributed by atoms with van der Waals surface area (Å²) in [7, 11) is 0. The van der Waals surface area contributed by atoms with Crippen molar-refractivity contribution in [3.8, 4) is 0 Å². The molecule has 1 heterocycles. The standard InChI is InChI=1S/C11H20N2O3/c1-4-16-9(14)8(2)13-10(15)11(3)5-6-12-7-11/h8,12H,4-7H2,1-3H3,(H,13,15). The summed E-state index contributed by atoms with van der Waals surface area (Å²) < 4.78 is 4.83. The predicted molar refractivity (Wildman–Crippen MR) is 59.8 cm³/mol. The third-order valence-electron chi connectivity index (χ3n) is 2.90. The molecule has 2 unspecified atom stereocenters. The van der Waals surface area contributed by atoms with Crippen molar-refractivity contribution in [2.24, 2.45) is 5.41 Å². The molecule has 0 bridgehead atoms. The first-order chi connectivity index (χ1) is 7.49. The van der Waals surface area contributed by atoms with Crippen LogP contribution in [0.15, 0.2) is 0 Å². The van der Waals surface area contributed by atoms with Crippen molar-refractivity contribution in [3.05, 3.63) is 0 Å². The number of nitrogens with one attached hydrogen (secondary N) is 2. The Balaban J connectivity index is 2.47. The molecule has 5 heteroatoms. The molecular formula is C11H20N2O3. The molecule has 1 aliphatic heterocycles. The maximum absolute atomic E-state index is 11.9. The van der Waals surface area contributed by atoms with Crippen LogP contribution in [0.2, 0.25) is 0 Å². The van der Waals surface area contributed by atoms with Gasteiger partial charge in [-0.3, -0.25) is 4.79 Å². The van der Waals surface area contributed by atoms with E-state index in [1.165, 1.54) is 0 Å². The first-order valence-electron chi connectivity index (χ1n) is 5.68. The van der Waals surface area contributed by atoms with Gasteiger partial charge in [0, 0.05) is 6.54 Å². The molecule has 1 saturated heterocycles. The van der Waals surface area contributed by atoms with Crippen LogP contribution >= 0.6 is 0 Å². The highest BCUT2D eigenvalue weighted by Crippen LogP contribution is 2.24. The SMILES string of the molecule is CCOC(=O)C(C)NC(=O)C1(C)CCNC1. The Kier molecular flexibility index (Phi) is 4.29. The molecule has 92 valence electrons. The lowest BCUT2D eigenvalue weighted by molar-refractivity contribution is -0.147. The van der Waals surface area contributed by atoms with E-state index in [0.717, 1.165) is 13.0 Å². The molecule has 1 rings (SSSR count). The molecule has 2 N–H and O–H groups in total. The molecular weight excluding hydrogens is 208 g/mol. The fraction of sp³-hybridized carbons (Fsp3) is 0.818. The molecule has 5 nitrogen and oxygen atoms in total. The minimum Gasteiger partial charge on any atom is -0.464 e. The van der Waals surface area contributed by atoms with Crippen LogP contribution in [0.5, 0.6) is 0 Å². The van der Waals surface area contributed by atoms with Crippen LogP contribution in [0, 0.1) is 5.41 Å². The highest BCUT2D eigenvalue weighted by Gasteiger charge is 2.37. The third kappa shape index (κ3) is 2.95. The third-order valence-corrected chi connectivity index (χ3v) is 2.90. The Labute approximate surface area is 95.9 Å². The van der Waals surface area contributed by atoms with E-state index in [1.54, 1.807) is 13.8 Å². The molecule has 2 atom stereocenters. The second-order valence-corrected chi connectivity index (χ2v) is 4.43. The van der Waals surface area contributed by atoms with Crippen molar-refractivity contribution < 1.29 is 14.3 Å². The largest absolute Gasteiger partial charge is 0.464 e. The van der Waals surface area contributed by atoms with Gasteiger partial charge in [0.1, 0.15) is 6.04 Å². The fourth-order valence-corrected chi connectivity index (χ4v) is 1.71. The Morgan fingerprint density at radius 1 is 1.56 bits per heavy atom. The molecule has 0 aromatic heterocycles. The van der Waals surface area contributed by atoms with Crippen LogP contribution in [0.25, 0.3) is 0 Å². The van der Waals surface area contributed by atoms with Crippen molar-refractivity contribution in [3.63, 3.8) is 0 Å². The quantitative estimate of drug-likeness (QED) is 0.667. The van der Waals surface area contributed by atoms with E-state index < -0.39 is 11.5 Å². The number of esters is 1. The summed E-state index contributed by atoms with van der Waals surface area (Å²) in [6, 6.07) is -0.579. The zero-order valence-corrected chi connectivity index (χ0v) is 10.1. The number of ether oxygens (including phenoxy) is 1. The highest BCUT2D eigenvalue weighted by molar-refractivity contribution is 5.87. The van der Waals surface area contributed by atoms with Gasteiger partial charge in [0.2, 0.25) is 5.91 Å². The van der Waals surface area contributed by atoms with Crippen molar-refractivity contribution in [1.82, 2.24) is 10.6 Å². The van der Waals surface area contributed by atoms with Gasteiger partial charge >= 0.3 is 5.97 Å². The smallest absolute Gasteiger partial charge is 0.328 e. The second-order valence-electron chi connectivity index (χ2n) is 4.43. The van der Waals surface area contributed by atoms with Crippen molar-refractivity contribution in [1.29, 1.82) is 0 Å². The molecule has 16 heavy (non-hydrogen) atoms. The lowest BCUT2D eigenvalue weighted by Gasteiger charge is -2.23. The number of carbonyl (C=O) groups excluding carboxylic acids is 2. The van der Waals surface area contributed by atoms with Crippen molar-refractivity contribution >= 4 is 11.9 Å². The molecule has 0 saturated carbocycles. The minimum atomic E-state index is -0.579. The Morgan fingerprint density at radius 2 is 2.25 bits per heavy atom. The summed E-state index contributed by atoms with van der Waals surface area (Å²) >= 11 is 0. The van der Waals surface area contributed by atoms with E-state index in [0.29, 0.717) is 13.2 Å². The maximum atomic E-state index is 11.9. The van der Waals surface area contributed by atoms with Gasteiger partial charge in [0.25, 0.3) is 0 Å². The minimum absolute atomic E-state index is 0.0851. The van der Waals surface area contributed by atoms with Gasteiger partial charge in [0.15, 0.2) is 0 Å². The van der Waals surface area contributed by atoms with Gasteiger partial charge in [0.05, 0.1) is 12.0 Å². The van der Waals surface area contributed by atoms with E-state index in [2.05, 4.69) is 10.6 Å². The fourth-order valence-electron chi connectivity index (χ4n) is 1.71. The van der Waals surface area contributed by atoms with Crippen LogP contribution < -0.4 is 10.6 Å². The monoisotopic (exact) mass is 228 g/mol.